The Kier molecular flexibility index (Phi) is 4.60. The molecule has 2 rings (SSSR count). The van der Waals surface area contributed by atoms with Crippen LogP contribution in [0.5, 0.6) is 5.75 Å². The SMILES string of the molecule is Cc1ccccc1CCNC(=O)Nc1ccc(O)cc1. The van der Waals surface area contributed by atoms with Crippen LogP contribution in [-0.4, -0.2) is 17.7 Å². The van der Waals surface area contributed by atoms with Crippen molar-refractivity contribution in [3.8, 4) is 5.75 Å². The Morgan fingerprint density at radius 1 is 1.10 bits per heavy atom. The van der Waals surface area contributed by atoms with Crippen LogP contribution in [0.15, 0.2) is 48.5 Å². The van der Waals surface area contributed by atoms with Gasteiger partial charge in [0.25, 0.3) is 0 Å². The highest BCUT2D eigenvalue weighted by atomic mass is 16.3. The summed E-state index contributed by atoms with van der Waals surface area (Å²) in [6.45, 7) is 2.64. The van der Waals surface area contributed by atoms with E-state index >= 15 is 0 Å². The molecule has 0 radical (unpaired) electrons. The first-order chi connectivity index (χ1) is 9.65. The number of rotatable bonds is 4. The Morgan fingerprint density at radius 3 is 2.50 bits per heavy atom. The van der Waals surface area contributed by atoms with Gasteiger partial charge in [-0.2, -0.15) is 0 Å². The molecule has 0 aliphatic rings. The minimum absolute atomic E-state index is 0.176. The number of aromatic hydroxyl groups is 1. The minimum Gasteiger partial charge on any atom is -0.508 e. The van der Waals surface area contributed by atoms with E-state index < -0.39 is 0 Å². The zero-order chi connectivity index (χ0) is 14.4. The van der Waals surface area contributed by atoms with Gasteiger partial charge >= 0.3 is 6.03 Å². The van der Waals surface area contributed by atoms with E-state index in [1.165, 1.54) is 23.3 Å². The second kappa shape index (κ2) is 6.61. The highest BCUT2D eigenvalue weighted by Crippen LogP contribution is 2.13. The number of aryl methyl sites for hydroxylation is 1. The van der Waals surface area contributed by atoms with Crippen molar-refractivity contribution in [1.82, 2.24) is 5.32 Å². The smallest absolute Gasteiger partial charge is 0.319 e. The maximum Gasteiger partial charge on any atom is 0.319 e. The largest absolute Gasteiger partial charge is 0.508 e. The molecule has 4 nitrogen and oxygen atoms in total. The topological polar surface area (TPSA) is 61.4 Å². The lowest BCUT2D eigenvalue weighted by molar-refractivity contribution is 0.252. The first kappa shape index (κ1) is 13.9. The van der Waals surface area contributed by atoms with Crippen LogP contribution in [0.2, 0.25) is 0 Å². The lowest BCUT2D eigenvalue weighted by Crippen LogP contribution is -2.30. The molecule has 0 atom stereocenters. The number of carbonyl (C=O) groups excluding carboxylic acids is 1. The summed E-state index contributed by atoms with van der Waals surface area (Å²) in [6, 6.07) is 14.2. The van der Waals surface area contributed by atoms with Gasteiger partial charge in [-0.25, -0.2) is 4.79 Å². The fourth-order valence-electron chi connectivity index (χ4n) is 1.92. The average Bonchev–Trinajstić information content (AvgIpc) is 2.43. The van der Waals surface area contributed by atoms with E-state index in [4.69, 9.17) is 5.11 Å². The molecule has 0 aliphatic heterocycles. The fourth-order valence-corrected chi connectivity index (χ4v) is 1.92. The van der Waals surface area contributed by atoms with Crippen LogP contribution in [-0.2, 0) is 6.42 Å². The summed E-state index contributed by atoms with van der Waals surface area (Å²) in [7, 11) is 0. The summed E-state index contributed by atoms with van der Waals surface area (Å²) in [4.78, 5) is 11.7. The Balaban J connectivity index is 1.78. The highest BCUT2D eigenvalue weighted by Gasteiger charge is 2.02. The molecule has 0 unspecified atom stereocenters. The predicted molar refractivity (Wildman–Crippen MR) is 80.0 cm³/mol. The lowest BCUT2D eigenvalue weighted by Gasteiger charge is -2.09. The molecule has 0 aliphatic carbocycles. The standard InChI is InChI=1S/C16H18N2O2/c1-12-4-2-3-5-13(12)10-11-17-16(20)18-14-6-8-15(19)9-7-14/h2-9,19H,10-11H2,1H3,(H2,17,18,20). The molecule has 0 saturated heterocycles. The van der Waals surface area contributed by atoms with Crippen molar-refractivity contribution in [2.75, 3.05) is 11.9 Å². The zero-order valence-electron chi connectivity index (χ0n) is 11.4. The molecule has 0 bridgehead atoms. The van der Waals surface area contributed by atoms with Crippen molar-refractivity contribution < 1.29 is 9.90 Å². The first-order valence-electron chi connectivity index (χ1n) is 6.53. The van der Waals surface area contributed by atoms with E-state index in [2.05, 4.69) is 29.7 Å². The van der Waals surface area contributed by atoms with E-state index in [9.17, 15) is 4.79 Å². The minimum atomic E-state index is -0.246. The Labute approximate surface area is 118 Å². The van der Waals surface area contributed by atoms with Crippen molar-refractivity contribution >= 4 is 11.7 Å². The summed E-state index contributed by atoms with van der Waals surface area (Å²) in [5, 5.41) is 14.7. The van der Waals surface area contributed by atoms with Crippen LogP contribution in [0.3, 0.4) is 0 Å². The molecule has 2 aromatic rings. The number of amides is 2. The van der Waals surface area contributed by atoms with Gasteiger partial charge in [0.15, 0.2) is 0 Å². The molecular weight excluding hydrogens is 252 g/mol. The van der Waals surface area contributed by atoms with Crippen LogP contribution in [0, 0.1) is 6.92 Å². The molecule has 20 heavy (non-hydrogen) atoms. The van der Waals surface area contributed by atoms with Crippen LogP contribution in [0.4, 0.5) is 10.5 Å². The fraction of sp³-hybridized carbons (Fsp3) is 0.188. The average molecular weight is 270 g/mol. The number of carbonyl (C=O) groups is 1. The quantitative estimate of drug-likeness (QED) is 0.748. The molecule has 3 N–H and O–H groups in total. The van der Waals surface area contributed by atoms with Gasteiger partial charge < -0.3 is 15.7 Å². The van der Waals surface area contributed by atoms with Gasteiger partial charge in [0.05, 0.1) is 0 Å². The summed E-state index contributed by atoms with van der Waals surface area (Å²) in [5.41, 5.74) is 3.11. The highest BCUT2D eigenvalue weighted by molar-refractivity contribution is 5.89. The molecule has 2 amide bonds. The Bertz CT molecular complexity index is 579. The van der Waals surface area contributed by atoms with Gasteiger partial charge in [-0.15, -0.1) is 0 Å². The predicted octanol–water partition coefficient (Wildman–Crippen LogP) is 3.06. The van der Waals surface area contributed by atoms with Crippen LogP contribution >= 0.6 is 0 Å². The molecule has 104 valence electrons. The number of phenols is 1. The third-order valence-corrected chi connectivity index (χ3v) is 3.07. The molecule has 4 heteroatoms. The summed E-state index contributed by atoms with van der Waals surface area (Å²) in [5.74, 6) is 0.176. The maximum atomic E-state index is 11.7. The van der Waals surface area contributed by atoms with Crippen molar-refractivity contribution in [1.29, 1.82) is 0 Å². The van der Waals surface area contributed by atoms with E-state index in [0.717, 1.165) is 6.42 Å². The van der Waals surface area contributed by atoms with Crippen LogP contribution in [0.1, 0.15) is 11.1 Å². The molecule has 0 aromatic heterocycles. The van der Waals surface area contributed by atoms with Crippen LogP contribution in [0.25, 0.3) is 0 Å². The number of phenolic OH excluding ortho intramolecular Hbond substituents is 1. The molecule has 2 aromatic carbocycles. The van der Waals surface area contributed by atoms with E-state index in [1.807, 2.05) is 12.1 Å². The number of nitrogens with one attached hydrogen (secondary N) is 2. The number of hydrogen-bond acceptors (Lipinski definition) is 2. The Hall–Kier alpha value is -2.49. The van der Waals surface area contributed by atoms with Gasteiger partial charge in [0.2, 0.25) is 0 Å². The van der Waals surface area contributed by atoms with E-state index in [0.29, 0.717) is 12.2 Å². The van der Waals surface area contributed by atoms with Crippen LogP contribution < -0.4 is 10.6 Å². The number of hydrogen-bond donors (Lipinski definition) is 3. The van der Waals surface area contributed by atoms with Gasteiger partial charge in [0, 0.05) is 12.2 Å². The first-order valence-corrected chi connectivity index (χ1v) is 6.53. The second-order valence-electron chi connectivity index (χ2n) is 4.60. The van der Waals surface area contributed by atoms with Gasteiger partial charge in [0.1, 0.15) is 5.75 Å². The van der Waals surface area contributed by atoms with Gasteiger partial charge in [-0.05, 0) is 48.7 Å². The van der Waals surface area contributed by atoms with Crippen molar-refractivity contribution in [3.05, 3.63) is 59.7 Å². The van der Waals surface area contributed by atoms with Crippen molar-refractivity contribution in [2.24, 2.45) is 0 Å². The molecule has 0 spiro atoms. The van der Waals surface area contributed by atoms with E-state index in [-0.39, 0.29) is 11.8 Å². The zero-order valence-corrected chi connectivity index (χ0v) is 11.4. The van der Waals surface area contributed by atoms with E-state index in [1.54, 1.807) is 12.1 Å². The van der Waals surface area contributed by atoms with Gasteiger partial charge in [-0.1, -0.05) is 24.3 Å². The summed E-state index contributed by atoms with van der Waals surface area (Å²) in [6.07, 6.45) is 0.801. The maximum absolute atomic E-state index is 11.7. The monoisotopic (exact) mass is 270 g/mol. The molecule has 0 heterocycles. The third-order valence-electron chi connectivity index (χ3n) is 3.07. The molecular formula is C16H18N2O2. The number of urea groups is 1. The molecule has 0 saturated carbocycles. The third kappa shape index (κ3) is 4.02. The summed E-state index contributed by atoms with van der Waals surface area (Å²) < 4.78 is 0. The molecule has 0 fully saturated rings. The number of benzene rings is 2. The summed E-state index contributed by atoms with van der Waals surface area (Å²) >= 11 is 0. The number of anilines is 1. The van der Waals surface area contributed by atoms with Crippen molar-refractivity contribution in [2.45, 2.75) is 13.3 Å². The lowest BCUT2D eigenvalue weighted by atomic mass is 10.1. The van der Waals surface area contributed by atoms with Crippen molar-refractivity contribution in [3.63, 3.8) is 0 Å². The van der Waals surface area contributed by atoms with Gasteiger partial charge in [-0.3, -0.25) is 0 Å². The second-order valence-corrected chi connectivity index (χ2v) is 4.60. The Morgan fingerprint density at radius 2 is 1.80 bits per heavy atom. The normalized spacial score (nSPS) is 10.1.